The van der Waals surface area contributed by atoms with Crippen LogP contribution in [-0.2, 0) is 13.6 Å². The van der Waals surface area contributed by atoms with Crippen LogP contribution in [0, 0.1) is 6.92 Å². The molecule has 1 N–H and O–H groups in total. The maximum Gasteiger partial charge on any atom is 0.0964 e. The lowest BCUT2D eigenvalue weighted by Crippen LogP contribution is -2.20. The molecule has 0 aliphatic heterocycles. The van der Waals surface area contributed by atoms with E-state index in [2.05, 4.69) is 53.7 Å². The Morgan fingerprint density at radius 2 is 2.00 bits per heavy atom. The summed E-state index contributed by atoms with van der Waals surface area (Å²) in [6.07, 6.45) is 3.00. The van der Waals surface area contributed by atoms with Gasteiger partial charge in [-0.15, -0.1) is 5.10 Å². The van der Waals surface area contributed by atoms with Crippen LogP contribution in [0.1, 0.15) is 36.2 Å². The Balaban J connectivity index is 1.99. The highest BCUT2D eigenvalue weighted by Crippen LogP contribution is 2.17. The Labute approximate surface area is 108 Å². The summed E-state index contributed by atoms with van der Waals surface area (Å²) in [6.45, 7) is 5.05. The predicted octanol–water partition coefficient (Wildman–Crippen LogP) is 2.36. The summed E-state index contributed by atoms with van der Waals surface area (Å²) in [7, 11) is 1.88. The summed E-state index contributed by atoms with van der Waals surface area (Å²) in [5, 5.41) is 11.5. The Kier molecular flexibility index (Phi) is 4.10. The smallest absolute Gasteiger partial charge is 0.0964 e. The predicted molar refractivity (Wildman–Crippen MR) is 72.1 cm³/mol. The first-order valence-corrected chi connectivity index (χ1v) is 6.34. The molecule has 0 radical (unpaired) electrons. The summed E-state index contributed by atoms with van der Waals surface area (Å²) in [6, 6.07) is 9.05. The molecule has 0 aliphatic rings. The average molecular weight is 244 g/mol. The van der Waals surface area contributed by atoms with E-state index in [0.29, 0.717) is 6.04 Å². The molecule has 1 aromatic heterocycles. The normalized spacial score (nSPS) is 12.6. The van der Waals surface area contributed by atoms with E-state index in [1.807, 2.05) is 13.2 Å². The zero-order valence-corrected chi connectivity index (χ0v) is 11.2. The van der Waals surface area contributed by atoms with Gasteiger partial charge in [-0.3, -0.25) is 4.68 Å². The molecule has 4 heteroatoms. The van der Waals surface area contributed by atoms with Crippen molar-refractivity contribution in [2.45, 2.75) is 32.9 Å². The standard InChI is InChI=1S/C14H20N4/c1-4-14(12-7-5-11(2)6-8-12)15-9-13-10-18(3)17-16-13/h5-8,10,14-15H,4,9H2,1-3H3. The summed E-state index contributed by atoms with van der Waals surface area (Å²) in [4.78, 5) is 0. The largest absolute Gasteiger partial charge is 0.304 e. The van der Waals surface area contributed by atoms with Gasteiger partial charge in [-0.1, -0.05) is 42.0 Å². The van der Waals surface area contributed by atoms with Crippen molar-refractivity contribution >= 4 is 0 Å². The van der Waals surface area contributed by atoms with Gasteiger partial charge >= 0.3 is 0 Å². The Hall–Kier alpha value is -1.68. The van der Waals surface area contributed by atoms with Gasteiger partial charge in [0.15, 0.2) is 0 Å². The molecule has 2 aromatic rings. The minimum Gasteiger partial charge on any atom is -0.304 e. The van der Waals surface area contributed by atoms with E-state index < -0.39 is 0 Å². The minimum atomic E-state index is 0.368. The monoisotopic (exact) mass is 244 g/mol. The van der Waals surface area contributed by atoms with Crippen LogP contribution in [0.4, 0.5) is 0 Å². The van der Waals surface area contributed by atoms with Crippen LogP contribution in [0.5, 0.6) is 0 Å². The fourth-order valence-electron chi connectivity index (χ4n) is 2.00. The summed E-state index contributed by atoms with van der Waals surface area (Å²) >= 11 is 0. The molecule has 1 atom stereocenters. The van der Waals surface area contributed by atoms with Crippen molar-refractivity contribution in [3.05, 3.63) is 47.3 Å². The first-order chi connectivity index (χ1) is 8.69. The molecule has 0 saturated heterocycles. The van der Waals surface area contributed by atoms with Crippen LogP contribution in [-0.4, -0.2) is 15.0 Å². The molecular weight excluding hydrogens is 224 g/mol. The molecule has 2 rings (SSSR count). The minimum absolute atomic E-state index is 0.368. The van der Waals surface area contributed by atoms with E-state index in [9.17, 15) is 0 Å². The Bertz CT molecular complexity index is 487. The van der Waals surface area contributed by atoms with E-state index >= 15 is 0 Å². The highest BCUT2D eigenvalue weighted by atomic mass is 15.4. The third kappa shape index (κ3) is 3.17. The molecule has 0 fully saturated rings. The van der Waals surface area contributed by atoms with Gasteiger partial charge in [0.2, 0.25) is 0 Å². The molecule has 1 unspecified atom stereocenters. The molecule has 0 amide bonds. The van der Waals surface area contributed by atoms with Crippen LogP contribution in [0.15, 0.2) is 30.5 Å². The lowest BCUT2D eigenvalue weighted by atomic mass is 10.0. The van der Waals surface area contributed by atoms with Crippen LogP contribution < -0.4 is 5.32 Å². The van der Waals surface area contributed by atoms with Crippen LogP contribution in [0.3, 0.4) is 0 Å². The molecule has 0 bridgehead atoms. The van der Waals surface area contributed by atoms with Crippen molar-refractivity contribution in [2.24, 2.45) is 7.05 Å². The Morgan fingerprint density at radius 3 is 2.56 bits per heavy atom. The van der Waals surface area contributed by atoms with Gasteiger partial charge in [0.25, 0.3) is 0 Å². The number of nitrogens with one attached hydrogen (secondary N) is 1. The molecule has 1 aromatic carbocycles. The number of rotatable bonds is 5. The van der Waals surface area contributed by atoms with Gasteiger partial charge in [0.1, 0.15) is 0 Å². The molecule has 0 saturated carbocycles. The van der Waals surface area contributed by atoms with Crippen molar-refractivity contribution < 1.29 is 0 Å². The fourth-order valence-corrected chi connectivity index (χ4v) is 2.00. The number of aryl methyl sites for hydroxylation is 2. The number of hydrogen-bond donors (Lipinski definition) is 1. The van der Waals surface area contributed by atoms with Gasteiger partial charge in [-0.05, 0) is 18.9 Å². The van der Waals surface area contributed by atoms with Crippen LogP contribution >= 0.6 is 0 Å². The molecule has 0 spiro atoms. The highest BCUT2D eigenvalue weighted by Gasteiger charge is 2.09. The zero-order valence-electron chi connectivity index (χ0n) is 11.2. The SMILES string of the molecule is CCC(NCc1cn(C)nn1)c1ccc(C)cc1. The lowest BCUT2D eigenvalue weighted by Gasteiger charge is -2.16. The molecule has 0 aliphatic carbocycles. The molecular formula is C14H20N4. The van der Waals surface area contributed by atoms with E-state index in [-0.39, 0.29) is 0 Å². The molecule has 1 heterocycles. The highest BCUT2D eigenvalue weighted by molar-refractivity contribution is 5.24. The molecule has 18 heavy (non-hydrogen) atoms. The van der Waals surface area contributed by atoms with Gasteiger partial charge < -0.3 is 5.32 Å². The summed E-state index contributed by atoms with van der Waals surface area (Å²) < 4.78 is 1.73. The van der Waals surface area contributed by atoms with Gasteiger partial charge in [-0.2, -0.15) is 0 Å². The van der Waals surface area contributed by atoms with Crippen molar-refractivity contribution in [2.75, 3.05) is 0 Å². The number of benzene rings is 1. The fraction of sp³-hybridized carbons (Fsp3) is 0.429. The molecule has 96 valence electrons. The van der Waals surface area contributed by atoms with E-state index in [1.165, 1.54) is 11.1 Å². The lowest BCUT2D eigenvalue weighted by molar-refractivity contribution is 0.514. The quantitative estimate of drug-likeness (QED) is 0.878. The second-order valence-electron chi connectivity index (χ2n) is 4.64. The number of aromatic nitrogens is 3. The van der Waals surface area contributed by atoms with Crippen molar-refractivity contribution in [1.82, 2.24) is 20.3 Å². The van der Waals surface area contributed by atoms with Crippen LogP contribution in [0.25, 0.3) is 0 Å². The third-order valence-electron chi connectivity index (χ3n) is 3.07. The summed E-state index contributed by atoms with van der Waals surface area (Å²) in [5.74, 6) is 0. The first-order valence-electron chi connectivity index (χ1n) is 6.34. The van der Waals surface area contributed by atoms with E-state index in [1.54, 1.807) is 4.68 Å². The third-order valence-corrected chi connectivity index (χ3v) is 3.07. The van der Waals surface area contributed by atoms with Gasteiger partial charge in [0, 0.05) is 25.8 Å². The average Bonchev–Trinajstić information content (AvgIpc) is 2.78. The Morgan fingerprint density at radius 1 is 1.28 bits per heavy atom. The number of hydrogen-bond acceptors (Lipinski definition) is 3. The zero-order chi connectivity index (χ0) is 13.0. The van der Waals surface area contributed by atoms with E-state index in [4.69, 9.17) is 0 Å². The topological polar surface area (TPSA) is 42.7 Å². The van der Waals surface area contributed by atoms with Crippen LogP contribution in [0.2, 0.25) is 0 Å². The summed E-state index contributed by atoms with van der Waals surface area (Å²) in [5.41, 5.74) is 3.59. The second kappa shape index (κ2) is 5.78. The second-order valence-corrected chi connectivity index (χ2v) is 4.64. The van der Waals surface area contributed by atoms with Crippen molar-refractivity contribution in [1.29, 1.82) is 0 Å². The maximum absolute atomic E-state index is 4.08. The van der Waals surface area contributed by atoms with E-state index in [0.717, 1.165) is 18.7 Å². The van der Waals surface area contributed by atoms with Gasteiger partial charge in [0.05, 0.1) is 5.69 Å². The van der Waals surface area contributed by atoms with Crippen molar-refractivity contribution in [3.63, 3.8) is 0 Å². The number of nitrogens with zero attached hydrogens (tertiary/aromatic N) is 3. The first kappa shape index (κ1) is 12.8. The van der Waals surface area contributed by atoms with Gasteiger partial charge in [-0.25, -0.2) is 0 Å². The molecule has 4 nitrogen and oxygen atoms in total. The maximum atomic E-state index is 4.08. The van der Waals surface area contributed by atoms with Crippen molar-refractivity contribution in [3.8, 4) is 0 Å².